The minimum atomic E-state index is -1.23. The van der Waals surface area contributed by atoms with Gasteiger partial charge in [-0.25, -0.2) is 0 Å². The zero-order valence-electron chi connectivity index (χ0n) is 17.1. The molecule has 9 heteroatoms. The maximum Gasteiger partial charge on any atom is 0.231 e. The Morgan fingerprint density at radius 3 is 2.58 bits per heavy atom. The van der Waals surface area contributed by atoms with E-state index in [0.29, 0.717) is 46.7 Å². The third-order valence-corrected chi connectivity index (χ3v) is 6.43. The average molecular weight is 430 g/mol. The molecule has 2 aromatic carbocycles. The predicted molar refractivity (Wildman–Crippen MR) is 104 cm³/mol. The van der Waals surface area contributed by atoms with Gasteiger partial charge in [-0.1, -0.05) is 6.07 Å². The van der Waals surface area contributed by atoms with Crippen LogP contribution in [-0.2, 0) is 9.47 Å². The number of fused-ring (bicyclic) bond motifs is 3. The Hall–Kier alpha value is -2.88. The second-order valence-corrected chi connectivity index (χ2v) is 7.91. The summed E-state index contributed by atoms with van der Waals surface area (Å²) in [5.41, 5.74) is 0.248. The number of benzene rings is 2. The highest BCUT2D eigenvalue weighted by atomic mass is 16.7. The number of aliphatic hydroxyl groups is 1. The lowest BCUT2D eigenvalue weighted by Gasteiger charge is -2.28. The van der Waals surface area contributed by atoms with Gasteiger partial charge in [0.15, 0.2) is 23.0 Å². The summed E-state index contributed by atoms with van der Waals surface area (Å²) in [5.74, 6) is 3.05. The van der Waals surface area contributed by atoms with Crippen LogP contribution in [0.2, 0.25) is 0 Å². The molecule has 0 radical (unpaired) electrons. The molecule has 1 N–H and O–H groups in total. The minimum Gasteiger partial charge on any atom is -0.496 e. The lowest BCUT2D eigenvalue weighted by molar-refractivity contribution is -0.0629. The van der Waals surface area contributed by atoms with Crippen molar-refractivity contribution < 1.29 is 43.0 Å². The zero-order valence-corrected chi connectivity index (χ0v) is 17.1. The molecule has 4 heterocycles. The number of rotatable bonds is 4. The predicted octanol–water partition coefficient (Wildman–Crippen LogP) is 2.35. The molecule has 0 unspecified atom stereocenters. The maximum atomic E-state index is 11.7. The lowest BCUT2D eigenvalue weighted by atomic mass is 9.80. The molecule has 9 nitrogen and oxygen atoms in total. The van der Waals surface area contributed by atoms with Gasteiger partial charge in [0.25, 0.3) is 0 Å². The second kappa shape index (κ2) is 6.81. The quantitative estimate of drug-likeness (QED) is 0.784. The van der Waals surface area contributed by atoms with Crippen molar-refractivity contribution in [3.8, 4) is 34.5 Å². The maximum absolute atomic E-state index is 11.7. The van der Waals surface area contributed by atoms with Crippen LogP contribution in [0.15, 0.2) is 24.3 Å². The fourth-order valence-corrected chi connectivity index (χ4v) is 4.95. The molecule has 0 bridgehead atoms. The van der Waals surface area contributed by atoms with Crippen LogP contribution in [0.4, 0.5) is 0 Å². The van der Waals surface area contributed by atoms with Crippen molar-refractivity contribution in [2.24, 2.45) is 5.92 Å². The van der Waals surface area contributed by atoms with Crippen molar-refractivity contribution in [1.29, 1.82) is 0 Å². The molecule has 2 aromatic rings. The van der Waals surface area contributed by atoms with Crippen LogP contribution in [0.1, 0.15) is 23.3 Å². The number of hydrogen-bond donors (Lipinski definition) is 1. The van der Waals surface area contributed by atoms with E-state index in [2.05, 4.69) is 0 Å². The van der Waals surface area contributed by atoms with Crippen molar-refractivity contribution in [2.45, 2.75) is 17.8 Å². The molecular weight excluding hydrogens is 408 g/mol. The van der Waals surface area contributed by atoms with E-state index in [1.807, 2.05) is 18.2 Å². The summed E-state index contributed by atoms with van der Waals surface area (Å²) >= 11 is 0. The third-order valence-electron chi connectivity index (χ3n) is 6.43. The van der Waals surface area contributed by atoms with Crippen LogP contribution < -0.4 is 28.4 Å². The minimum absolute atomic E-state index is 0.0994. The summed E-state index contributed by atoms with van der Waals surface area (Å²) in [4.78, 5) is 0. The highest BCUT2D eigenvalue weighted by Crippen LogP contribution is 2.59. The molecule has 4 aliphatic heterocycles. The fourth-order valence-electron chi connectivity index (χ4n) is 4.95. The van der Waals surface area contributed by atoms with E-state index < -0.39 is 17.8 Å². The first-order chi connectivity index (χ1) is 15.1. The Labute approximate surface area is 178 Å². The average Bonchev–Trinajstić information content (AvgIpc) is 3.55. The summed E-state index contributed by atoms with van der Waals surface area (Å²) in [5, 5.41) is 11.7. The van der Waals surface area contributed by atoms with Crippen molar-refractivity contribution in [3.63, 3.8) is 0 Å². The fraction of sp³-hybridized carbons (Fsp3) is 0.455. The van der Waals surface area contributed by atoms with Gasteiger partial charge >= 0.3 is 0 Å². The highest BCUT2D eigenvalue weighted by Gasteiger charge is 2.60. The van der Waals surface area contributed by atoms with E-state index in [1.54, 1.807) is 20.3 Å². The normalized spacial score (nSPS) is 29.8. The van der Waals surface area contributed by atoms with Gasteiger partial charge in [0.1, 0.15) is 17.5 Å². The molecule has 4 atom stereocenters. The van der Waals surface area contributed by atoms with Crippen LogP contribution in [0.5, 0.6) is 34.5 Å². The van der Waals surface area contributed by atoms with E-state index in [-0.39, 0.29) is 26.1 Å². The molecule has 0 aromatic heterocycles. The van der Waals surface area contributed by atoms with E-state index >= 15 is 0 Å². The van der Waals surface area contributed by atoms with Gasteiger partial charge in [0.05, 0.1) is 39.1 Å². The van der Waals surface area contributed by atoms with Crippen molar-refractivity contribution >= 4 is 0 Å². The topological polar surface area (TPSA) is 94.1 Å². The van der Waals surface area contributed by atoms with Gasteiger partial charge in [-0.05, 0) is 17.7 Å². The Kier molecular flexibility index (Phi) is 4.14. The van der Waals surface area contributed by atoms with Crippen molar-refractivity contribution in [2.75, 3.05) is 41.0 Å². The summed E-state index contributed by atoms with van der Waals surface area (Å²) in [6, 6.07) is 7.32. The Morgan fingerprint density at radius 1 is 0.935 bits per heavy atom. The summed E-state index contributed by atoms with van der Waals surface area (Å²) in [7, 11) is 3.13. The van der Waals surface area contributed by atoms with Gasteiger partial charge < -0.3 is 43.0 Å². The number of ether oxygens (including phenoxy) is 8. The van der Waals surface area contributed by atoms with Crippen LogP contribution >= 0.6 is 0 Å². The molecule has 2 fully saturated rings. The van der Waals surface area contributed by atoms with E-state index in [0.717, 1.165) is 5.56 Å². The molecule has 2 saturated heterocycles. The smallest absolute Gasteiger partial charge is 0.231 e. The second-order valence-electron chi connectivity index (χ2n) is 7.91. The number of methoxy groups -OCH3 is 2. The van der Waals surface area contributed by atoms with E-state index in [1.165, 1.54) is 0 Å². The largest absolute Gasteiger partial charge is 0.496 e. The van der Waals surface area contributed by atoms with Gasteiger partial charge in [-0.15, -0.1) is 0 Å². The summed E-state index contributed by atoms with van der Waals surface area (Å²) in [6.45, 7) is 0.696. The molecule has 4 aliphatic rings. The first-order valence-corrected chi connectivity index (χ1v) is 10.0. The van der Waals surface area contributed by atoms with Gasteiger partial charge in [-0.3, -0.25) is 0 Å². The lowest BCUT2D eigenvalue weighted by Crippen LogP contribution is -2.39. The van der Waals surface area contributed by atoms with Crippen LogP contribution in [-0.4, -0.2) is 51.7 Å². The molecule has 0 aliphatic carbocycles. The highest BCUT2D eigenvalue weighted by molar-refractivity contribution is 5.64. The Balaban J connectivity index is 1.38. The van der Waals surface area contributed by atoms with Crippen LogP contribution in [0.3, 0.4) is 0 Å². The van der Waals surface area contributed by atoms with E-state index in [9.17, 15) is 5.11 Å². The molecule has 164 valence electrons. The Morgan fingerprint density at radius 2 is 1.74 bits per heavy atom. The summed E-state index contributed by atoms with van der Waals surface area (Å²) < 4.78 is 45.5. The van der Waals surface area contributed by atoms with Crippen molar-refractivity contribution in [1.82, 2.24) is 0 Å². The zero-order chi connectivity index (χ0) is 21.2. The molecule has 0 saturated carbocycles. The standard InChI is InChI=1S/C22H22O9/c1-24-15-6-16-19(31-10-30-16)20(25-2)17(15)18-12-7-26-21(22(12,23)8-27-18)11-3-4-13-14(5-11)29-9-28-13/h3-6,12,18,21,23H,7-10H2,1-2H3/t12-,18+,21-,22-/m1/s1. The third kappa shape index (κ3) is 2.60. The molecule has 6 rings (SSSR count). The van der Waals surface area contributed by atoms with Crippen molar-refractivity contribution in [3.05, 3.63) is 35.4 Å². The Bertz CT molecular complexity index is 1040. The monoisotopic (exact) mass is 430 g/mol. The summed E-state index contributed by atoms with van der Waals surface area (Å²) in [6.07, 6.45) is -1.08. The molecule has 0 spiro atoms. The van der Waals surface area contributed by atoms with Crippen LogP contribution in [0.25, 0.3) is 0 Å². The first kappa shape index (κ1) is 18.9. The molecule has 0 amide bonds. The van der Waals surface area contributed by atoms with Gasteiger partial charge in [0, 0.05) is 12.0 Å². The molecular formula is C22H22O9. The van der Waals surface area contributed by atoms with Gasteiger partial charge in [-0.2, -0.15) is 0 Å². The SMILES string of the molecule is COc1cc2c(c(OC)c1[C@H]1OC[C@]3(O)[C@@H](c4ccc5c(c4)OCO5)OC[C@H]13)OCO2. The van der Waals surface area contributed by atoms with E-state index in [4.69, 9.17) is 37.9 Å². The number of hydrogen-bond acceptors (Lipinski definition) is 9. The van der Waals surface area contributed by atoms with Crippen LogP contribution in [0, 0.1) is 5.92 Å². The molecule has 31 heavy (non-hydrogen) atoms. The first-order valence-electron chi connectivity index (χ1n) is 10.0. The van der Waals surface area contributed by atoms with Gasteiger partial charge in [0.2, 0.25) is 19.3 Å².